The van der Waals surface area contributed by atoms with Crippen LogP contribution in [0, 0.1) is 6.92 Å². The largest absolute Gasteiger partial charge is 0.468 e. The number of aryl methyl sites for hydroxylation is 1. The van der Waals surface area contributed by atoms with Crippen LogP contribution in [-0.4, -0.2) is 19.1 Å². The van der Waals surface area contributed by atoms with Gasteiger partial charge < -0.3 is 10.5 Å². The molecule has 0 aliphatic carbocycles. The molecule has 0 saturated heterocycles. The Morgan fingerprint density at radius 2 is 2.00 bits per heavy atom. The molecular weight excluding hydrogens is 178 g/mol. The van der Waals surface area contributed by atoms with Crippen molar-refractivity contribution in [1.29, 1.82) is 0 Å². The van der Waals surface area contributed by atoms with E-state index < -0.39 is 6.04 Å². The standard InChI is InChI=1S/C11H15NO2/c1-8-3-5-9(6-4-8)7-10(12)11(13)14-2/h3-6,10H,7,12H2,1-2H3. The minimum absolute atomic E-state index is 0.370. The van der Waals surface area contributed by atoms with E-state index in [1.54, 1.807) is 0 Å². The Bertz CT molecular complexity index is 306. The molecule has 1 aromatic carbocycles. The second kappa shape index (κ2) is 4.77. The monoisotopic (exact) mass is 193 g/mol. The van der Waals surface area contributed by atoms with Crippen LogP contribution in [0.3, 0.4) is 0 Å². The zero-order valence-corrected chi connectivity index (χ0v) is 8.49. The number of hydrogen-bond acceptors (Lipinski definition) is 3. The van der Waals surface area contributed by atoms with E-state index in [1.165, 1.54) is 12.7 Å². The summed E-state index contributed by atoms with van der Waals surface area (Å²) < 4.78 is 4.54. The number of benzene rings is 1. The fourth-order valence-corrected chi connectivity index (χ4v) is 1.21. The highest BCUT2D eigenvalue weighted by atomic mass is 16.5. The van der Waals surface area contributed by atoms with Crippen molar-refractivity contribution in [3.05, 3.63) is 35.4 Å². The highest BCUT2D eigenvalue weighted by Crippen LogP contribution is 2.05. The Morgan fingerprint density at radius 1 is 1.43 bits per heavy atom. The van der Waals surface area contributed by atoms with Gasteiger partial charge in [0.15, 0.2) is 0 Å². The van der Waals surface area contributed by atoms with Crippen LogP contribution >= 0.6 is 0 Å². The number of rotatable bonds is 3. The molecule has 76 valence electrons. The van der Waals surface area contributed by atoms with Crippen molar-refractivity contribution in [1.82, 2.24) is 0 Å². The molecule has 1 unspecified atom stereocenters. The molecule has 0 heterocycles. The van der Waals surface area contributed by atoms with Gasteiger partial charge in [-0.1, -0.05) is 29.8 Å². The van der Waals surface area contributed by atoms with Crippen LogP contribution in [0.5, 0.6) is 0 Å². The number of ether oxygens (including phenoxy) is 1. The van der Waals surface area contributed by atoms with Crippen molar-refractivity contribution in [3.63, 3.8) is 0 Å². The van der Waals surface area contributed by atoms with Crippen LogP contribution < -0.4 is 5.73 Å². The molecule has 0 aliphatic heterocycles. The summed E-state index contributed by atoms with van der Waals surface area (Å²) in [6.45, 7) is 2.02. The van der Waals surface area contributed by atoms with Gasteiger partial charge in [-0.3, -0.25) is 4.79 Å². The van der Waals surface area contributed by atoms with Gasteiger partial charge in [-0.25, -0.2) is 0 Å². The Labute approximate surface area is 83.9 Å². The van der Waals surface area contributed by atoms with E-state index in [-0.39, 0.29) is 5.97 Å². The Kier molecular flexibility index (Phi) is 3.65. The van der Waals surface area contributed by atoms with Crippen LogP contribution in [0.15, 0.2) is 24.3 Å². The first kappa shape index (κ1) is 10.7. The topological polar surface area (TPSA) is 52.3 Å². The third kappa shape index (κ3) is 2.85. The summed E-state index contributed by atoms with van der Waals surface area (Å²) in [6, 6.07) is 7.37. The summed E-state index contributed by atoms with van der Waals surface area (Å²) in [5.74, 6) is -0.370. The van der Waals surface area contributed by atoms with E-state index >= 15 is 0 Å². The summed E-state index contributed by atoms with van der Waals surface area (Å²) in [5, 5.41) is 0. The van der Waals surface area contributed by atoms with Crippen molar-refractivity contribution in [2.75, 3.05) is 7.11 Å². The normalized spacial score (nSPS) is 12.2. The molecule has 3 heteroatoms. The number of nitrogens with two attached hydrogens (primary N) is 1. The third-order valence-corrected chi connectivity index (χ3v) is 2.08. The molecule has 0 spiro atoms. The highest BCUT2D eigenvalue weighted by molar-refractivity contribution is 5.75. The molecule has 14 heavy (non-hydrogen) atoms. The zero-order chi connectivity index (χ0) is 10.6. The molecule has 0 aromatic heterocycles. The average molecular weight is 193 g/mol. The summed E-state index contributed by atoms with van der Waals surface area (Å²) in [5.41, 5.74) is 7.87. The Morgan fingerprint density at radius 3 is 2.50 bits per heavy atom. The minimum atomic E-state index is -0.567. The van der Waals surface area contributed by atoms with E-state index in [4.69, 9.17) is 5.73 Å². The predicted molar refractivity (Wildman–Crippen MR) is 54.9 cm³/mol. The van der Waals surface area contributed by atoms with Gasteiger partial charge in [0.25, 0.3) is 0 Å². The molecule has 0 aliphatic rings. The lowest BCUT2D eigenvalue weighted by atomic mass is 10.1. The van der Waals surface area contributed by atoms with Gasteiger partial charge in [0, 0.05) is 0 Å². The van der Waals surface area contributed by atoms with Gasteiger partial charge >= 0.3 is 5.97 Å². The summed E-state index contributed by atoms with van der Waals surface area (Å²) in [6.07, 6.45) is 0.521. The second-order valence-corrected chi connectivity index (χ2v) is 3.32. The quantitative estimate of drug-likeness (QED) is 0.730. The van der Waals surface area contributed by atoms with Gasteiger partial charge in [0.2, 0.25) is 0 Å². The molecule has 0 fully saturated rings. The van der Waals surface area contributed by atoms with Crippen LogP contribution in [0.4, 0.5) is 0 Å². The average Bonchev–Trinajstić information content (AvgIpc) is 2.20. The zero-order valence-electron chi connectivity index (χ0n) is 8.49. The van der Waals surface area contributed by atoms with E-state index in [1.807, 2.05) is 31.2 Å². The number of methoxy groups -OCH3 is 1. The van der Waals surface area contributed by atoms with Crippen molar-refractivity contribution < 1.29 is 9.53 Å². The number of hydrogen-bond donors (Lipinski definition) is 1. The SMILES string of the molecule is COC(=O)C(N)Cc1ccc(C)cc1. The minimum Gasteiger partial charge on any atom is -0.468 e. The van der Waals surface area contributed by atoms with Crippen LogP contribution in [0.1, 0.15) is 11.1 Å². The molecular formula is C11H15NO2. The van der Waals surface area contributed by atoms with E-state index in [0.29, 0.717) is 6.42 Å². The molecule has 0 saturated carbocycles. The van der Waals surface area contributed by atoms with E-state index in [9.17, 15) is 4.79 Å². The Hall–Kier alpha value is -1.35. The van der Waals surface area contributed by atoms with Gasteiger partial charge in [-0.15, -0.1) is 0 Å². The number of carbonyl (C=O) groups is 1. The van der Waals surface area contributed by atoms with Crippen molar-refractivity contribution in [2.24, 2.45) is 5.73 Å². The lowest BCUT2D eigenvalue weighted by molar-refractivity contribution is -0.142. The first-order chi connectivity index (χ1) is 6.63. The maximum absolute atomic E-state index is 11.0. The smallest absolute Gasteiger partial charge is 0.322 e. The van der Waals surface area contributed by atoms with E-state index in [0.717, 1.165) is 5.56 Å². The first-order valence-electron chi connectivity index (χ1n) is 4.52. The van der Waals surface area contributed by atoms with Gasteiger partial charge in [0.1, 0.15) is 6.04 Å². The number of esters is 1. The van der Waals surface area contributed by atoms with Gasteiger partial charge in [-0.2, -0.15) is 0 Å². The molecule has 2 N–H and O–H groups in total. The Balaban J connectivity index is 2.60. The van der Waals surface area contributed by atoms with Crippen LogP contribution in [0.2, 0.25) is 0 Å². The molecule has 0 bridgehead atoms. The number of carbonyl (C=O) groups excluding carboxylic acids is 1. The van der Waals surface area contributed by atoms with Crippen LogP contribution in [0.25, 0.3) is 0 Å². The third-order valence-electron chi connectivity index (χ3n) is 2.08. The summed E-state index contributed by atoms with van der Waals surface area (Å²) >= 11 is 0. The molecule has 1 rings (SSSR count). The van der Waals surface area contributed by atoms with Gasteiger partial charge in [0.05, 0.1) is 7.11 Å². The fourth-order valence-electron chi connectivity index (χ4n) is 1.21. The van der Waals surface area contributed by atoms with Crippen LogP contribution in [-0.2, 0) is 16.0 Å². The maximum atomic E-state index is 11.0. The molecule has 0 radical (unpaired) electrons. The molecule has 1 atom stereocenters. The van der Waals surface area contributed by atoms with Crippen molar-refractivity contribution in [3.8, 4) is 0 Å². The maximum Gasteiger partial charge on any atom is 0.322 e. The lowest BCUT2D eigenvalue weighted by Crippen LogP contribution is -2.33. The van der Waals surface area contributed by atoms with Crippen molar-refractivity contribution >= 4 is 5.97 Å². The van der Waals surface area contributed by atoms with Gasteiger partial charge in [-0.05, 0) is 18.9 Å². The van der Waals surface area contributed by atoms with E-state index in [2.05, 4.69) is 4.74 Å². The fraction of sp³-hybridized carbons (Fsp3) is 0.364. The van der Waals surface area contributed by atoms with Crippen molar-refractivity contribution in [2.45, 2.75) is 19.4 Å². The molecule has 0 amide bonds. The highest BCUT2D eigenvalue weighted by Gasteiger charge is 2.13. The first-order valence-corrected chi connectivity index (χ1v) is 4.52. The summed E-state index contributed by atoms with van der Waals surface area (Å²) in [4.78, 5) is 11.0. The lowest BCUT2D eigenvalue weighted by Gasteiger charge is -2.08. The molecule has 3 nitrogen and oxygen atoms in total. The predicted octanol–water partition coefficient (Wildman–Crippen LogP) is 1.04. The summed E-state index contributed by atoms with van der Waals surface area (Å²) in [7, 11) is 1.34. The molecule has 1 aromatic rings. The second-order valence-electron chi connectivity index (χ2n) is 3.32.